The molecular weight excluding hydrogens is 222 g/mol. The third kappa shape index (κ3) is 2.73. The predicted molar refractivity (Wildman–Crippen MR) is 75.8 cm³/mol. The van der Waals surface area contributed by atoms with Gasteiger partial charge in [0.25, 0.3) is 0 Å². The van der Waals surface area contributed by atoms with Crippen molar-refractivity contribution in [1.82, 2.24) is 15.1 Å². The fraction of sp³-hybridized carbons (Fsp3) is 1.00. The topological polar surface area (TPSA) is 18.5 Å². The Bertz CT molecular complexity index is 246. The zero-order valence-electron chi connectivity index (χ0n) is 11.9. The van der Waals surface area contributed by atoms with Crippen LogP contribution in [0.5, 0.6) is 0 Å². The number of fused-ring (bicyclic) bond motifs is 1. The second kappa shape index (κ2) is 5.89. The summed E-state index contributed by atoms with van der Waals surface area (Å²) in [6, 6.07) is 1.69. The molecule has 0 spiro atoms. The number of piperidine rings is 2. The van der Waals surface area contributed by atoms with E-state index in [0.29, 0.717) is 0 Å². The third-order valence-corrected chi connectivity index (χ3v) is 5.24. The van der Waals surface area contributed by atoms with E-state index >= 15 is 0 Å². The van der Waals surface area contributed by atoms with Gasteiger partial charge in [-0.2, -0.15) is 0 Å². The molecule has 3 aliphatic heterocycles. The first-order valence-electron chi connectivity index (χ1n) is 8.06. The molecule has 0 bridgehead atoms. The van der Waals surface area contributed by atoms with Crippen LogP contribution in [0.15, 0.2) is 0 Å². The fourth-order valence-corrected chi connectivity index (χ4v) is 4.20. The van der Waals surface area contributed by atoms with Crippen LogP contribution >= 0.6 is 0 Å². The Labute approximate surface area is 112 Å². The van der Waals surface area contributed by atoms with Gasteiger partial charge in [-0.3, -0.25) is 4.90 Å². The Balaban J connectivity index is 1.48. The smallest absolute Gasteiger partial charge is 0.0235 e. The molecule has 0 radical (unpaired) electrons. The minimum Gasteiger partial charge on any atom is -0.312 e. The summed E-state index contributed by atoms with van der Waals surface area (Å²) in [5, 5.41) is 3.73. The number of likely N-dealkylation sites (tertiary alicyclic amines) is 2. The van der Waals surface area contributed by atoms with Gasteiger partial charge < -0.3 is 10.2 Å². The van der Waals surface area contributed by atoms with Crippen molar-refractivity contribution in [2.45, 2.75) is 51.1 Å². The molecule has 0 aromatic rings. The normalized spacial score (nSPS) is 35.8. The van der Waals surface area contributed by atoms with E-state index < -0.39 is 0 Å². The van der Waals surface area contributed by atoms with Crippen LogP contribution in [-0.4, -0.2) is 61.2 Å². The van der Waals surface area contributed by atoms with Gasteiger partial charge >= 0.3 is 0 Å². The van der Waals surface area contributed by atoms with E-state index in [9.17, 15) is 0 Å². The molecule has 0 aromatic carbocycles. The Morgan fingerprint density at radius 1 is 1.11 bits per heavy atom. The molecule has 18 heavy (non-hydrogen) atoms. The van der Waals surface area contributed by atoms with Crippen molar-refractivity contribution in [3.05, 3.63) is 0 Å². The Hall–Kier alpha value is -0.120. The molecule has 0 unspecified atom stereocenters. The van der Waals surface area contributed by atoms with Crippen molar-refractivity contribution in [2.75, 3.05) is 39.3 Å². The quantitative estimate of drug-likeness (QED) is 0.821. The lowest BCUT2D eigenvalue weighted by molar-refractivity contribution is 0.123. The van der Waals surface area contributed by atoms with E-state index in [0.717, 1.165) is 18.0 Å². The van der Waals surface area contributed by atoms with Gasteiger partial charge in [0.1, 0.15) is 0 Å². The molecule has 0 aliphatic carbocycles. The molecule has 0 saturated carbocycles. The van der Waals surface area contributed by atoms with Crippen molar-refractivity contribution >= 4 is 0 Å². The lowest BCUT2D eigenvalue weighted by atomic mass is 9.94. The van der Waals surface area contributed by atoms with Crippen LogP contribution < -0.4 is 5.32 Å². The van der Waals surface area contributed by atoms with Gasteiger partial charge in [-0.25, -0.2) is 0 Å². The summed E-state index contributed by atoms with van der Waals surface area (Å²) in [7, 11) is 0. The van der Waals surface area contributed by atoms with Crippen LogP contribution in [0, 0.1) is 5.92 Å². The van der Waals surface area contributed by atoms with Crippen molar-refractivity contribution in [3.8, 4) is 0 Å². The average Bonchev–Trinajstić information content (AvgIpc) is 2.84. The number of hydrogen-bond acceptors (Lipinski definition) is 3. The van der Waals surface area contributed by atoms with Gasteiger partial charge in [-0.15, -0.1) is 0 Å². The van der Waals surface area contributed by atoms with E-state index in [1.165, 1.54) is 71.4 Å². The second-order valence-corrected chi connectivity index (χ2v) is 6.49. The lowest BCUT2D eigenvalue weighted by Crippen LogP contribution is -2.45. The van der Waals surface area contributed by atoms with Crippen LogP contribution in [0.3, 0.4) is 0 Å². The van der Waals surface area contributed by atoms with E-state index in [4.69, 9.17) is 0 Å². The van der Waals surface area contributed by atoms with Gasteiger partial charge in [0.2, 0.25) is 0 Å². The molecule has 104 valence electrons. The first kappa shape index (κ1) is 12.9. The third-order valence-electron chi connectivity index (χ3n) is 5.24. The van der Waals surface area contributed by atoms with Crippen molar-refractivity contribution < 1.29 is 0 Å². The van der Waals surface area contributed by atoms with Crippen molar-refractivity contribution in [3.63, 3.8) is 0 Å². The molecule has 0 amide bonds. The van der Waals surface area contributed by atoms with Gasteiger partial charge in [0.15, 0.2) is 0 Å². The van der Waals surface area contributed by atoms with Crippen molar-refractivity contribution in [1.29, 1.82) is 0 Å². The number of nitrogens with zero attached hydrogens (tertiary/aromatic N) is 2. The summed E-state index contributed by atoms with van der Waals surface area (Å²) in [6.45, 7) is 10.2. The highest BCUT2D eigenvalue weighted by Gasteiger charge is 2.37. The maximum atomic E-state index is 3.73. The molecule has 1 N–H and O–H groups in total. The highest BCUT2D eigenvalue weighted by atomic mass is 15.2. The van der Waals surface area contributed by atoms with Gasteiger partial charge in [-0.05, 0) is 64.2 Å². The molecule has 3 nitrogen and oxygen atoms in total. The van der Waals surface area contributed by atoms with Crippen molar-refractivity contribution in [2.24, 2.45) is 5.92 Å². The first-order chi connectivity index (χ1) is 8.86. The minimum absolute atomic E-state index is 0.812. The summed E-state index contributed by atoms with van der Waals surface area (Å²) in [4.78, 5) is 5.45. The Morgan fingerprint density at radius 3 is 2.67 bits per heavy atom. The molecule has 3 saturated heterocycles. The average molecular weight is 251 g/mol. The SMILES string of the molecule is CCCN1CCC(N2C[C@@H]3CCCN[C@@H]3C2)CC1. The molecule has 0 aromatic heterocycles. The number of rotatable bonds is 3. The maximum Gasteiger partial charge on any atom is 0.0235 e. The Kier molecular flexibility index (Phi) is 4.22. The molecule has 3 heterocycles. The van der Waals surface area contributed by atoms with E-state index in [2.05, 4.69) is 22.0 Å². The molecule has 3 rings (SSSR count). The first-order valence-corrected chi connectivity index (χ1v) is 8.06. The summed E-state index contributed by atoms with van der Waals surface area (Å²) in [5.41, 5.74) is 0. The zero-order valence-corrected chi connectivity index (χ0v) is 11.9. The van der Waals surface area contributed by atoms with Crippen LogP contribution in [0.4, 0.5) is 0 Å². The summed E-state index contributed by atoms with van der Waals surface area (Å²) in [5.74, 6) is 0.951. The lowest BCUT2D eigenvalue weighted by Gasteiger charge is -2.36. The number of nitrogens with one attached hydrogen (secondary N) is 1. The molecule has 2 atom stereocenters. The minimum atomic E-state index is 0.812. The van der Waals surface area contributed by atoms with Crippen LogP contribution in [0.25, 0.3) is 0 Å². The van der Waals surface area contributed by atoms with E-state index in [1.54, 1.807) is 0 Å². The van der Waals surface area contributed by atoms with Gasteiger partial charge in [-0.1, -0.05) is 6.92 Å². The summed E-state index contributed by atoms with van der Waals surface area (Å²) < 4.78 is 0. The maximum absolute atomic E-state index is 3.73. The molecule has 3 heteroatoms. The number of hydrogen-bond donors (Lipinski definition) is 1. The highest BCUT2D eigenvalue weighted by molar-refractivity contribution is 4.95. The Morgan fingerprint density at radius 2 is 1.94 bits per heavy atom. The second-order valence-electron chi connectivity index (χ2n) is 6.49. The monoisotopic (exact) mass is 251 g/mol. The summed E-state index contributed by atoms with van der Waals surface area (Å²) in [6.07, 6.45) is 6.97. The highest BCUT2D eigenvalue weighted by Crippen LogP contribution is 2.29. The molecular formula is C15H29N3. The van der Waals surface area contributed by atoms with Crippen LogP contribution in [-0.2, 0) is 0 Å². The zero-order chi connectivity index (χ0) is 12.4. The fourth-order valence-electron chi connectivity index (χ4n) is 4.20. The predicted octanol–water partition coefficient (Wildman–Crippen LogP) is 1.54. The van der Waals surface area contributed by atoms with Crippen LogP contribution in [0.1, 0.15) is 39.0 Å². The van der Waals surface area contributed by atoms with Gasteiger partial charge in [0.05, 0.1) is 0 Å². The standard InChI is InChI=1S/C15H29N3/c1-2-8-17-9-5-14(6-10-17)18-11-13-4-3-7-16-15(13)12-18/h13-16H,2-12H2,1H3/t13-,15+/m0/s1. The molecule has 3 fully saturated rings. The summed E-state index contributed by atoms with van der Waals surface area (Å²) >= 11 is 0. The van der Waals surface area contributed by atoms with Crippen LogP contribution in [0.2, 0.25) is 0 Å². The molecule has 3 aliphatic rings. The van der Waals surface area contributed by atoms with E-state index in [-0.39, 0.29) is 0 Å². The van der Waals surface area contributed by atoms with E-state index in [1.807, 2.05) is 0 Å². The largest absolute Gasteiger partial charge is 0.312 e. The van der Waals surface area contributed by atoms with Gasteiger partial charge in [0, 0.05) is 25.2 Å².